The summed E-state index contributed by atoms with van der Waals surface area (Å²) in [6.07, 6.45) is 0. The van der Waals surface area contributed by atoms with Crippen molar-refractivity contribution in [2.24, 2.45) is 0 Å². The molecule has 3 aromatic rings. The van der Waals surface area contributed by atoms with Crippen LogP contribution >= 0.6 is 0 Å². The Morgan fingerprint density at radius 2 is 1.56 bits per heavy atom. The first-order chi connectivity index (χ1) is 12.0. The molecule has 1 aliphatic heterocycles. The van der Waals surface area contributed by atoms with Gasteiger partial charge in [0.2, 0.25) is 5.78 Å². The summed E-state index contributed by atoms with van der Waals surface area (Å²) in [5.74, 6) is -0.954. The number of sulfonamides is 1. The number of hydrogen-bond acceptors (Lipinski definition) is 4. The van der Waals surface area contributed by atoms with Crippen LogP contribution in [0.15, 0.2) is 77.3 Å². The lowest BCUT2D eigenvalue weighted by Gasteiger charge is -2.20. The number of benzene rings is 3. The predicted octanol–water partition coefficient (Wildman–Crippen LogP) is 3.24. The van der Waals surface area contributed by atoms with Crippen LogP contribution in [0.1, 0.15) is 15.9 Å². The highest BCUT2D eigenvalue weighted by Crippen LogP contribution is 2.30. The van der Waals surface area contributed by atoms with Crippen molar-refractivity contribution in [3.8, 4) is 0 Å². The number of carbonyl (C=O) groups excluding carboxylic acids is 1. The van der Waals surface area contributed by atoms with E-state index in [0.29, 0.717) is 5.56 Å². The molecule has 0 atom stereocenters. The molecule has 0 radical (unpaired) electrons. The van der Waals surface area contributed by atoms with Crippen molar-refractivity contribution in [3.63, 3.8) is 0 Å². The van der Waals surface area contributed by atoms with Crippen LogP contribution in [-0.2, 0) is 10.0 Å². The SMILES string of the molecule is O=C(C1=C(O)c2ccccc2S(=O)(=O)N1)c1ccc2ccccc2c1. The van der Waals surface area contributed by atoms with Crippen LogP contribution in [0.3, 0.4) is 0 Å². The fraction of sp³-hybridized carbons (Fsp3) is 0. The lowest BCUT2D eigenvalue weighted by molar-refractivity contribution is 0.102. The molecule has 0 aromatic heterocycles. The van der Waals surface area contributed by atoms with E-state index < -0.39 is 15.8 Å². The first-order valence-corrected chi connectivity index (χ1v) is 9.05. The molecule has 124 valence electrons. The molecule has 3 aromatic carbocycles. The maximum atomic E-state index is 12.8. The van der Waals surface area contributed by atoms with Gasteiger partial charge in [0.05, 0.1) is 4.90 Å². The molecule has 2 N–H and O–H groups in total. The van der Waals surface area contributed by atoms with Crippen LogP contribution in [-0.4, -0.2) is 19.3 Å². The van der Waals surface area contributed by atoms with Crippen molar-refractivity contribution in [1.82, 2.24) is 4.72 Å². The molecule has 25 heavy (non-hydrogen) atoms. The number of hydrogen-bond donors (Lipinski definition) is 2. The molecule has 1 heterocycles. The fourth-order valence-corrected chi connectivity index (χ4v) is 4.18. The minimum absolute atomic E-state index is 0.0532. The van der Waals surface area contributed by atoms with Gasteiger partial charge in [-0.2, -0.15) is 0 Å². The maximum Gasteiger partial charge on any atom is 0.262 e. The lowest BCUT2D eigenvalue weighted by Crippen LogP contribution is -2.33. The van der Waals surface area contributed by atoms with Crippen molar-refractivity contribution in [2.45, 2.75) is 4.90 Å². The van der Waals surface area contributed by atoms with Gasteiger partial charge in [-0.05, 0) is 29.0 Å². The van der Waals surface area contributed by atoms with E-state index in [2.05, 4.69) is 4.72 Å². The summed E-state index contributed by atoms with van der Waals surface area (Å²) < 4.78 is 26.9. The molecule has 0 aliphatic carbocycles. The Morgan fingerprint density at radius 3 is 2.36 bits per heavy atom. The van der Waals surface area contributed by atoms with Crippen molar-refractivity contribution in [1.29, 1.82) is 0 Å². The van der Waals surface area contributed by atoms with Gasteiger partial charge in [-0.1, -0.05) is 48.5 Å². The molecule has 0 bridgehead atoms. The van der Waals surface area contributed by atoms with Gasteiger partial charge < -0.3 is 5.11 Å². The first kappa shape index (κ1) is 15.4. The van der Waals surface area contributed by atoms with Crippen molar-refractivity contribution >= 4 is 32.3 Å². The smallest absolute Gasteiger partial charge is 0.262 e. The van der Waals surface area contributed by atoms with Crippen LogP contribution in [0.5, 0.6) is 0 Å². The Balaban J connectivity index is 1.87. The lowest BCUT2D eigenvalue weighted by atomic mass is 10.0. The average molecular weight is 351 g/mol. The van der Waals surface area contributed by atoms with Crippen LogP contribution in [0.2, 0.25) is 0 Å². The van der Waals surface area contributed by atoms with Gasteiger partial charge in [0.1, 0.15) is 5.70 Å². The number of carbonyl (C=O) groups is 1. The zero-order valence-electron chi connectivity index (χ0n) is 12.9. The van der Waals surface area contributed by atoms with Gasteiger partial charge >= 0.3 is 0 Å². The van der Waals surface area contributed by atoms with Crippen molar-refractivity contribution in [2.75, 3.05) is 0 Å². The number of allylic oxidation sites excluding steroid dienone is 1. The Labute approximate surface area is 144 Å². The van der Waals surface area contributed by atoms with Crippen LogP contribution in [0.4, 0.5) is 0 Å². The second kappa shape index (κ2) is 5.46. The van der Waals surface area contributed by atoms with Crippen molar-refractivity contribution < 1.29 is 18.3 Å². The summed E-state index contributed by atoms with van der Waals surface area (Å²) >= 11 is 0. The molecule has 0 saturated heterocycles. The van der Waals surface area contributed by atoms with E-state index in [-0.39, 0.29) is 21.9 Å². The molecule has 1 aliphatic rings. The molecular weight excluding hydrogens is 338 g/mol. The molecule has 0 unspecified atom stereocenters. The number of Topliss-reactive ketones (excluding diaryl/α,β-unsaturated/α-hetero) is 1. The van der Waals surface area contributed by atoms with E-state index in [9.17, 15) is 18.3 Å². The highest BCUT2D eigenvalue weighted by molar-refractivity contribution is 7.89. The van der Waals surface area contributed by atoms with Crippen LogP contribution < -0.4 is 4.72 Å². The fourth-order valence-electron chi connectivity index (χ4n) is 2.90. The minimum Gasteiger partial charge on any atom is -0.505 e. The Bertz CT molecular complexity index is 1160. The molecule has 0 saturated carbocycles. The third-order valence-electron chi connectivity index (χ3n) is 4.14. The van der Waals surface area contributed by atoms with Crippen LogP contribution in [0, 0.1) is 0 Å². The summed E-state index contributed by atoms with van der Waals surface area (Å²) in [6, 6.07) is 18.6. The van der Waals surface area contributed by atoms with Gasteiger partial charge in [-0.25, -0.2) is 8.42 Å². The summed E-state index contributed by atoms with van der Waals surface area (Å²) in [4.78, 5) is 12.8. The van der Waals surface area contributed by atoms with Gasteiger partial charge in [-0.15, -0.1) is 0 Å². The number of aliphatic hydroxyl groups is 1. The van der Waals surface area contributed by atoms with E-state index in [0.717, 1.165) is 10.8 Å². The summed E-state index contributed by atoms with van der Waals surface area (Å²) in [6.45, 7) is 0. The van der Waals surface area contributed by atoms with E-state index in [4.69, 9.17) is 0 Å². The maximum absolute atomic E-state index is 12.8. The number of aliphatic hydroxyl groups excluding tert-OH is 1. The number of rotatable bonds is 2. The second-order valence-corrected chi connectivity index (χ2v) is 7.37. The standard InChI is InChI=1S/C19H13NO4S/c21-18(14-10-9-12-5-1-2-6-13(12)11-14)17-19(22)15-7-3-4-8-16(15)25(23,24)20-17/h1-11,20,22H. The quantitative estimate of drug-likeness (QED) is 0.694. The van der Waals surface area contributed by atoms with Gasteiger partial charge in [0, 0.05) is 11.1 Å². The first-order valence-electron chi connectivity index (χ1n) is 7.56. The minimum atomic E-state index is -3.91. The zero-order valence-corrected chi connectivity index (χ0v) is 13.7. The monoisotopic (exact) mass is 351 g/mol. The topological polar surface area (TPSA) is 83.5 Å². The second-order valence-electron chi connectivity index (χ2n) is 5.72. The normalized spacial score (nSPS) is 15.5. The molecule has 5 nitrogen and oxygen atoms in total. The Hall–Kier alpha value is -3.12. The highest BCUT2D eigenvalue weighted by Gasteiger charge is 2.32. The molecule has 6 heteroatoms. The third-order valence-corrected chi connectivity index (χ3v) is 5.55. The van der Waals surface area contributed by atoms with Gasteiger partial charge in [0.15, 0.2) is 5.76 Å². The highest BCUT2D eigenvalue weighted by atomic mass is 32.2. The molecule has 0 amide bonds. The van der Waals surface area contributed by atoms with Crippen LogP contribution in [0.25, 0.3) is 16.5 Å². The summed E-state index contributed by atoms with van der Waals surface area (Å²) in [5.41, 5.74) is 0.0710. The van der Waals surface area contributed by atoms with E-state index in [1.54, 1.807) is 30.3 Å². The van der Waals surface area contributed by atoms with Gasteiger partial charge in [-0.3, -0.25) is 9.52 Å². The number of nitrogens with one attached hydrogen (secondary N) is 1. The van der Waals surface area contributed by atoms with Gasteiger partial charge in [0.25, 0.3) is 10.0 Å². The Kier molecular flexibility index (Phi) is 3.36. The molecular formula is C19H13NO4S. The largest absolute Gasteiger partial charge is 0.505 e. The molecule has 0 fully saturated rings. The van der Waals surface area contributed by atoms with E-state index in [1.165, 1.54) is 12.1 Å². The van der Waals surface area contributed by atoms with E-state index >= 15 is 0 Å². The number of fused-ring (bicyclic) bond motifs is 2. The number of ketones is 1. The molecule has 4 rings (SSSR count). The Morgan fingerprint density at radius 1 is 0.880 bits per heavy atom. The predicted molar refractivity (Wildman–Crippen MR) is 94.6 cm³/mol. The summed E-state index contributed by atoms with van der Waals surface area (Å²) in [7, 11) is -3.91. The zero-order chi connectivity index (χ0) is 17.6. The molecule has 0 spiro atoms. The van der Waals surface area contributed by atoms with E-state index in [1.807, 2.05) is 24.3 Å². The average Bonchev–Trinajstić information content (AvgIpc) is 2.64. The van der Waals surface area contributed by atoms with Crippen molar-refractivity contribution in [3.05, 3.63) is 83.6 Å². The summed E-state index contributed by atoms with van der Waals surface area (Å²) in [5, 5.41) is 12.2. The third kappa shape index (κ3) is 2.47.